The Morgan fingerprint density at radius 2 is 2.08 bits per heavy atom. The normalized spacial score (nSPS) is 11.3. The summed E-state index contributed by atoms with van der Waals surface area (Å²) >= 11 is 2.25. The van der Waals surface area contributed by atoms with E-state index in [1.807, 2.05) is 17.5 Å². The number of fused-ring (bicyclic) bond motifs is 3. The van der Waals surface area contributed by atoms with E-state index in [-0.39, 0.29) is 0 Å². The third kappa shape index (κ3) is 0.815. The van der Waals surface area contributed by atoms with Gasteiger partial charge in [0.1, 0.15) is 0 Å². The van der Waals surface area contributed by atoms with E-state index in [2.05, 4.69) is 28.2 Å². The van der Waals surface area contributed by atoms with Gasteiger partial charge in [0.05, 0.1) is 0 Å². The molecule has 0 aliphatic rings. The van der Waals surface area contributed by atoms with E-state index >= 15 is 0 Å². The average Bonchev–Trinajstić information content (AvgIpc) is 2.62. The fourth-order valence-corrected chi connectivity index (χ4v) is 4.41. The Bertz CT molecular complexity index is 536. The summed E-state index contributed by atoms with van der Waals surface area (Å²) in [5, 5.41) is 2.75. The zero-order valence-electron chi connectivity index (χ0n) is 6.15. The molecule has 1 aromatic carbocycles. The minimum atomic E-state index is 0.360. The number of hydrogen-bond donors (Lipinski definition) is 0. The van der Waals surface area contributed by atoms with Crippen LogP contribution in [0, 0.1) is 0 Å². The third-order valence-corrected chi connectivity index (χ3v) is 5.06. The Labute approximate surface area is 79.6 Å². The van der Waals surface area contributed by atoms with Gasteiger partial charge in [-0.1, -0.05) is 0 Å². The molecule has 3 aromatic rings. The predicted molar refractivity (Wildman–Crippen MR) is 54.1 cm³/mol. The van der Waals surface area contributed by atoms with Gasteiger partial charge in [-0.15, -0.1) is 0 Å². The molecule has 0 radical (unpaired) electrons. The molecule has 2 heterocycles. The Kier molecular flexibility index (Phi) is 1.38. The fraction of sp³-hybridized carbons (Fsp3) is 0. The number of hydrogen-bond acceptors (Lipinski definition) is 2. The number of benzene rings is 1. The molecule has 0 unspecified atom stereocenters. The zero-order chi connectivity index (χ0) is 7.97. The first-order chi connectivity index (χ1) is 5.95. The molecule has 0 fully saturated rings. The minimum absolute atomic E-state index is 0.360. The van der Waals surface area contributed by atoms with Crippen LogP contribution in [0.5, 0.6) is 0 Å². The van der Waals surface area contributed by atoms with Crippen LogP contribution in [0.3, 0.4) is 0 Å². The first kappa shape index (κ1) is 6.84. The molecule has 0 amide bonds. The van der Waals surface area contributed by atoms with E-state index in [9.17, 15) is 0 Å². The van der Waals surface area contributed by atoms with Gasteiger partial charge in [0.25, 0.3) is 0 Å². The summed E-state index contributed by atoms with van der Waals surface area (Å²) < 4.78 is 7.18. The van der Waals surface area contributed by atoms with Crippen LogP contribution in [0.1, 0.15) is 0 Å². The van der Waals surface area contributed by atoms with E-state index in [1.54, 1.807) is 0 Å². The average molecular weight is 238 g/mol. The Morgan fingerprint density at radius 3 is 3.08 bits per heavy atom. The second-order valence-electron chi connectivity index (χ2n) is 2.63. The summed E-state index contributed by atoms with van der Waals surface area (Å²) in [4.78, 5) is 0. The molecule has 0 atom stereocenters. The van der Waals surface area contributed by atoms with Gasteiger partial charge in [0.15, 0.2) is 0 Å². The molecule has 3 heteroatoms. The van der Waals surface area contributed by atoms with Gasteiger partial charge in [-0.05, 0) is 0 Å². The Hall–Kier alpha value is -0.631. The van der Waals surface area contributed by atoms with Gasteiger partial charge in [0.2, 0.25) is 0 Å². The first-order valence-corrected chi connectivity index (χ1v) is 6.11. The summed E-state index contributed by atoms with van der Waals surface area (Å²) in [5.74, 6) is 0. The topological polar surface area (TPSA) is 12.9 Å². The summed E-state index contributed by atoms with van der Waals surface area (Å²) in [7, 11) is 0. The predicted octanol–water partition coefficient (Wildman–Crippen LogP) is 2.51. The van der Waals surface area contributed by atoms with Crippen LogP contribution >= 0.6 is 11.3 Å². The first-order valence-electron chi connectivity index (χ1n) is 3.67. The maximum absolute atomic E-state index is 4.31. The van der Waals surface area contributed by atoms with Gasteiger partial charge in [-0.2, -0.15) is 0 Å². The second kappa shape index (κ2) is 2.43. The van der Waals surface area contributed by atoms with Crippen LogP contribution in [0.4, 0.5) is 0 Å². The van der Waals surface area contributed by atoms with Crippen LogP contribution in [0.15, 0.2) is 30.5 Å². The quantitative estimate of drug-likeness (QED) is 0.548. The maximum atomic E-state index is 4.31. The van der Waals surface area contributed by atoms with Crippen molar-refractivity contribution in [3.8, 4) is 0 Å². The van der Waals surface area contributed by atoms with Crippen molar-refractivity contribution in [3.05, 3.63) is 30.5 Å². The molecular weight excluding hydrogens is 233 g/mol. The van der Waals surface area contributed by atoms with Crippen LogP contribution in [0.25, 0.3) is 19.0 Å². The van der Waals surface area contributed by atoms with Crippen molar-refractivity contribution in [1.29, 1.82) is 0 Å². The Balaban J connectivity index is 2.68. The summed E-state index contributed by atoms with van der Waals surface area (Å²) in [5.41, 5.74) is 0. The summed E-state index contributed by atoms with van der Waals surface area (Å²) in [6.07, 6.45) is 2.02. The molecule has 0 bridgehead atoms. The van der Waals surface area contributed by atoms with E-state index in [0.717, 1.165) is 0 Å². The molecule has 0 saturated heterocycles. The van der Waals surface area contributed by atoms with Crippen LogP contribution in [0.2, 0.25) is 0 Å². The molecule has 3 rings (SSSR count). The van der Waals surface area contributed by atoms with Crippen molar-refractivity contribution in [1.82, 2.24) is 3.98 Å². The van der Waals surface area contributed by atoms with E-state index < -0.39 is 0 Å². The molecule has 1 nitrogen and oxygen atoms in total. The monoisotopic (exact) mass is 239 g/mol. The molecule has 0 spiro atoms. The van der Waals surface area contributed by atoms with Gasteiger partial charge in [-0.3, -0.25) is 0 Å². The van der Waals surface area contributed by atoms with Gasteiger partial charge >= 0.3 is 79.6 Å². The van der Waals surface area contributed by atoms with E-state index in [1.165, 1.54) is 19.0 Å². The van der Waals surface area contributed by atoms with Crippen molar-refractivity contribution in [3.63, 3.8) is 0 Å². The van der Waals surface area contributed by atoms with Crippen LogP contribution in [-0.4, -0.2) is 18.7 Å². The molecule has 0 aliphatic carbocycles. The summed E-state index contributed by atoms with van der Waals surface area (Å²) in [6, 6.07) is 8.55. The van der Waals surface area contributed by atoms with Crippen LogP contribution < -0.4 is 0 Å². The number of nitrogens with zero attached hydrogens (tertiary/aromatic N) is 1. The number of thiophene rings is 1. The van der Waals surface area contributed by atoms with Crippen molar-refractivity contribution in [2.45, 2.75) is 0 Å². The van der Waals surface area contributed by atoms with Gasteiger partial charge in [-0.25, -0.2) is 0 Å². The fourth-order valence-electron chi connectivity index (χ4n) is 1.36. The van der Waals surface area contributed by atoms with Crippen molar-refractivity contribution < 1.29 is 0 Å². The van der Waals surface area contributed by atoms with E-state index in [4.69, 9.17) is 0 Å². The molecule has 0 saturated carbocycles. The SMILES string of the molecule is c1ccc2c(c1)sc1[se]ncc12. The number of rotatable bonds is 0. The molecule has 58 valence electrons. The van der Waals surface area contributed by atoms with E-state index in [0.29, 0.717) is 14.7 Å². The standard InChI is InChI=1S/C9H5NSSe/c1-2-4-8-6(3-1)7-5-10-12-9(7)11-8/h1-5H. The second-order valence-corrected chi connectivity index (χ2v) is 5.94. The molecular formula is C9H5NSSe. The number of aromatic nitrogens is 1. The van der Waals surface area contributed by atoms with Crippen LogP contribution in [-0.2, 0) is 0 Å². The molecule has 2 aromatic heterocycles. The zero-order valence-corrected chi connectivity index (χ0v) is 8.68. The van der Waals surface area contributed by atoms with Gasteiger partial charge < -0.3 is 0 Å². The third-order valence-electron chi connectivity index (χ3n) is 1.92. The summed E-state index contributed by atoms with van der Waals surface area (Å²) in [6.45, 7) is 0. The van der Waals surface area contributed by atoms with Crippen molar-refractivity contribution in [2.75, 3.05) is 0 Å². The molecule has 12 heavy (non-hydrogen) atoms. The molecule has 0 aliphatic heterocycles. The van der Waals surface area contributed by atoms with Crippen molar-refractivity contribution in [2.24, 2.45) is 0 Å². The molecule has 0 N–H and O–H groups in total. The Morgan fingerprint density at radius 1 is 1.17 bits per heavy atom. The van der Waals surface area contributed by atoms with Crippen molar-refractivity contribution >= 4 is 45.1 Å². The van der Waals surface area contributed by atoms with Gasteiger partial charge in [0, 0.05) is 0 Å².